The van der Waals surface area contributed by atoms with Gasteiger partial charge in [0.1, 0.15) is 11.2 Å². The molecule has 1 aliphatic carbocycles. The number of furan rings is 1. The molecule has 1 nitrogen and oxygen atoms in total. The molecule has 0 fully saturated rings. The molecule has 6 aromatic carbocycles. The summed E-state index contributed by atoms with van der Waals surface area (Å²) in [4.78, 5) is 0. The van der Waals surface area contributed by atoms with E-state index in [9.17, 15) is 0 Å². The zero-order valence-corrected chi connectivity index (χ0v) is 18.0. The molecule has 1 aliphatic rings. The molecule has 0 unspecified atom stereocenters. The molecule has 0 spiro atoms. The van der Waals surface area contributed by atoms with Crippen LogP contribution in [0.2, 0.25) is 0 Å². The van der Waals surface area contributed by atoms with E-state index in [0.29, 0.717) is 0 Å². The first-order chi connectivity index (χ1) is 15.6. The van der Waals surface area contributed by atoms with E-state index in [-0.39, 0.29) is 5.41 Å². The number of para-hydroxylation sites is 1. The van der Waals surface area contributed by atoms with Crippen molar-refractivity contribution in [3.05, 3.63) is 96.1 Å². The molecule has 0 aliphatic heterocycles. The summed E-state index contributed by atoms with van der Waals surface area (Å²) in [6.07, 6.45) is 0. The quantitative estimate of drug-likeness (QED) is 0.229. The lowest BCUT2D eigenvalue weighted by Crippen LogP contribution is -2.23. The highest BCUT2D eigenvalue weighted by Gasteiger charge is 2.34. The standard InChI is InChI=1S/C31H20O/c1-31(2)24-9-5-3-7-19(24)22-15-18-16-23-20-8-4-6-10-26(20)32-30(23)21-13-11-17-12-14-25(31)29(22)28(17)27(18)21/h3-16H,1-2H3. The van der Waals surface area contributed by atoms with Gasteiger partial charge in [-0.1, -0.05) is 74.5 Å². The molecule has 0 bridgehead atoms. The summed E-state index contributed by atoms with van der Waals surface area (Å²) in [5.41, 5.74) is 7.44. The molecule has 150 valence electrons. The molecule has 0 saturated heterocycles. The molecule has 1 heterocycles. The summed E-state index contributed by atoms with van der Waals surface area (Å²) in [5, 5.41) is 10.3. The molecular weight excluding hydrogens is 388 g/mol. The second-order valence-electron chi connectivity index (χ2n) is 9.74. The van der Waals surface area contributed by atoms with Crippen molar-refractivity contribution >= 4 is 54.3 Å². The third kappa shape index (κ3) is 1.79. The Bertz CT molecular complexity index is 1900. The van der Waals surface area contributed by atoms with Crippen molar-refractivity contribution in [1.82, 2.24) is 0 Å². The Hall–Kier alpha value is -3.84. The third-order valence-electron chi connectivity index (χ3n) is 7.79. The van der Waals surface area contributed by atoms with E-state index >= 15 is 0 Å². The van der Waals surface area contributed by atoms with Gasteiger partial charge in [-0.15, -0.1) is 0 Å². The summed E-state index contributed by atoms with van der Waals surface area (Å²) in [6, 6.07) is 31.2. The van der Waals surface area contributed by atoms with Gasteiger partial charge in [0.2, 0.25) is 0 Å². The molecule has 0 saturated carbocycles. The van der Waals surface area contributed by atoms with Crippen LogP contribution in [0.3, 0.4) is 0 Å². The van der Waals surface area contributed by atoms with Crippen LogP contribution in [0.25, 0.3) is 65.4 Å². The third-order valence-corrected chi connectivity index (χ3v) is 7.79. The van der Waals surface area contributed by atoms with Gasteiger partial charge in [-0.05, 0) is 68.1 Å². The van der Waals surface area contributed by atoms with Gasteiger partial charge in [0, 0.05) is 27.0 Å². The number of hydrogen-bond acceptors (Lipinski definition) is 1. The Morgan fingerprint density at radius 3 is 2.31 bits per heavy atom. The first kappa shape index (κ1) is 16.8. The summed E-state index contributed by atoms with van der Waals surface area (Å²) >= 11 is 0. The molecule has 1 aromatic heterocycles. The van der Waals surface area contributed by atoms with E-state index in [4.69, 9.17) is 4.42 Å². The first-order valence-corrected chi connectivity index (χ1v) is 11.3. The summed E-state index contributed by atoms with van der Waals surface area (Å²) < 4.78 is 6.41. The predicted molar refractivity (Wildman–Crippen MR) is 135 cm³/mol. The Balaban J connectivity index is 1.70. The maximum absolute atomic E-state index is 6.41. The van der Waals surface area contributed by atoms with Gasteiger partial charge in [0.15, 0.2) is 0 Å². The predicted octanol–water partition coefficient (Wildman–Crippen LogP) is 8.79. The van der Waals surface area contributed by atoms with Crippen LogP contribution in [0.1, 0.15) is 25.0 Å². The molecule has 8 rings (SSSR count). The average Bonchev–Trinajstić information content (AvgIpc) is 3.20. The highest BCUT2D eigenvalue weighted by atomic mass is 16.3. The van der Waals surface area contributed by atoms with Crippen molar-refractivity contribution in [2.45, 2.75) is 19.3 Å². The molecule has 0 amide bonds. The number of fused-ring (bicyclic) bond motifs is 6. The van der Waals surface area contributed by atoms with Crippen molar-refractivity contribution in [1.29, 1.82) is 0 Å². The monoisotopic (exact) mass is 408 g/mol. The summed E-state index contributed by atoms with van der Waals surface area (Å²) in [6.45, 7) is 4.72. The summed E-state index contributed by atoms with van der Waals surface area (Å²) in [5.74, 6) is 0. The van der Waals surface area contributed by atoms with Crippen LogP contribution in [0.4, 0.5) is 0 Å². The van der Waals surface area contributed by atoms with Gasteiger partial charge in [-0.25, -0.2) is 0 Å². The lowest BCUT2D eigenvalue weighted by Gasteiger charge is -2.36. The van der Waals surface area contributed by atoms with Crippen LogP contribution in [0.15, 0.2) is 89.3 Å². The number of hydrogen-bond donors (Lipinski definition) is 0. The molecule has 0 radical (unpaired) electrons. The van der Waals surface area contributed by atoms with Gasteiger partial charge < -0.3 is 4.42 Å². The Morgan fingerprint density at radius 1 is 0.562 bits per heavy atom. The van der Waals surface area contributed by atoms with Gasteiger partial charge >= 0.3 is 0 Å². The molecule has 1 heteroatoms. The Morgan fingerprint density at radius 2 is 1.38 bits per heavy atom. The number of benzene rings is 6. The minimum absolute atomic E-state index is 0.0411. The van der Waals surface area contributed by atoms with Gasteiger partial charge in [-0.3, -0.25) is 0 Å². The van der Waals surface area contributed by atoms with Crippen molar-refractivity contribution < 1.29 is 4.42 Å². The van der Waals surface area contributed by atoms with Crippen LogP contribution in [0.5, 0.6) is 0 Å². The smallest absolute Gasteiger partial charge is 0.143 e. The fourth-order valence-corrected chi connectivity index (χ4v) is 6.31. The van der Waals surface area contributed by atoms with Crippen LogP contribution in [0, 0.1) is 0 Å². The number of rotatable bonds is 0. The van der Waals surface area contributed by atoms with Gasteiger partial charge in [-0.2, -0.15) is 0 Å². The summed E-state index contributed by atoms with van der Waals surface area (Å²) in [7, 11) is 0. The van der Waals surface area contributed by atoms with E-state index in [1.807, 2.05) is 6.07 Å². The maximum Gasteiger partial charge on any atom is 0.143 e. The van der Waals surface area contributed by atoms with E-state index in [1.165, 1.54) is 65.3 Å². The second-order valence-corrected chi connectivity index (χ2v) is 9.74. The first-order valence-electron chi connectivity index (χ1n) is 11.3. The maximum atomic E-state index is 6.41. The van der Waals surface area contributed by atoms with E-state index < -0.39 is 0 Å². The molecule has 0 N–H and O–H groups in total. The second kappa shape index (κ2) is 5.31. The largest absolute Gasteiger partial charge is 0.455 e. The van der Waals surface area contributed by atoms with E-state index in [1.54, 1.807) is 0 Å². The highest BCUT2D eigenvalue weighted by Crippen LogP contribution is 2.52. The Labute approximate surface area is 185 Å². The molecule has 32 heavy (non-hydrogen) atoms. The minimum Gasteiger partial charge on any atom is -0.455 e. The fraction of sp³-hybridized carbons (Fsp3) is 0.0968. The topological polar surface area (TPSA) is 13.1 Å². The fourth-order valence-electron chi connectivity index (χ4n) is 6.31. The zero-order valence-electron chi connectivity index (χ0n) is 18.0. The van der Waals surface area contributed by atoms with Crippen molar-refractivity contribution in [3.63, 3.8) is 0 Å². The zero-order chi connectivity index (χ0) is 21.2. The lowest BCUT2D eigenvalue weighted by molar-refractivity contribution is 0.645. The van der Waals surface area contributed by atoms with Crippen molar-refractivity contribution in [2.24, 2.45) is 0 Å². The minimum atomic E-state index is -0.0411. The lowest BCUT2D eigenvalue weighted by atomic mass is 9.67. The molecule has 7 aromatic rings. The van der Waals surface area contributed by atoms with Crippen LogP contribution < -0.4 is 0 Å². The highest BCUT2D eigenvalue weighted by molar-refractivity contribution is 6.33. The normalized spacial score (nSPS) is 14.8. The van der Waals surface area contributed by atoms with Crippen molar-refractivity contribution in [3.8, 4) is 11.1 Å². The van der Waals surface area contributed by atoms with Crippen LogP contribution >= 0.6 is 0 Å². The molecule has 0 atom stereocenters. The van der Waals surface area contributed by atoms with Crippen LogP contribution in [-0.4, -0.2) is 0 Å². The van der Waals surface area contributed by atoms with Gasteiger partial charge in [0.25, 0.3) is 0 Å². The van der Waals surface area contributed by atoms with Gasteiger partial charge in [0.05, 0.1) is 0 Å². The van der Waals surface area contributed by atoms with Crippen molar-refractivity contribution in [2.75, 3.05) is 0 Å². The average molecular weight is 409 g/mol. The van der Waals surface area contributed by atoms with Crippen LogP contribution in [-0.2, 0) is 5.41 Å². The SMILES string of the molecule is CC1(C)c2ccccc2-c2cc3cc4c5ccccc5oc4c4ccc5ccc1c2c5c34. The molecular formula is C31H20O. The Kier molecular flexibility index (Phi) is 2.79. The van der Waals surface area contributed by atoms with E-state index in [0.717, 1.165) is 11.2 Å². The van der Waals surface area contributed by atoms with E-state index in [2.05, 4.69) is 92.7 Å².